The van der Waals surface area contributed by atoms with E-state index >= 15 is 0 Å². The fourth-order valence-electron chi connectivity index (χ4n) is 1.72. The van der Waals surface area contributed by atoms with Crippen molar-refractivity contribution in [1.82, 2.24) is 4.90 Å². The van der Waals surface area contributed by atoms with E-state index in [1.54, 1.807) is 0 Å². The van der Waals surface area contributed by atoms with E-state index in [1.165, 1.54) is 4.90 Å². The van der Waals surface area contributed by atoms with Gasteiger partial charge in [0.2, 0.25) is 0 Å². The van der Waals surface area contributed by atoms with Crippen LogP contribution in [0, 0.1) is 7.05 Å². The summed E-state index contributed by atoms with van der Waals surface area (Å²) >= 11 is 0. The molecule has 64 valence electrons. The fourth-order valence-corrected chi connectivity index (χ4v) is 1.72. The summed E-state index contributed by atoms with van der Waals surface area (Å²) in [4.78, 5) is 1.50. The Bertz CT molecular complexity index is 143. The molecule has 0 aromatic carbocycles. The maximum Gasteiger partial charge on any atom is 0.148 e. The van der Waals surface area contributed by atoms with E-state index in [1.807, 2.05) is 0 Å². The summed E-state index contributed by atoms with van der Waals surface area (Å²) in [5.74, 6) is 0. The van der Waals surface area contributed by atoms with Crippen LogP contribution in [-0.2, 0) is 4.74 Å². The van der Waals surface area contributed by atoms with Crippen LogP contribution in [0.1, 0.15) is 0 Å². The minimum atomic E-state index is -1.42. The van der Waals surface area contributed by atoms with Crippen molar-refractivity contribution in [2.24, 2.45) is 0 Å². The molecule has 0 saturated carbocycles. The quantitative estimate of drug-likeness (QED) is 0.482. The zero-order chi connectivity index (χ0) is 8.01. The molecule has 0 spiro atoms. The van der Waals surface area contributed by atoms with Gasteiger partial charge >= 0.3 is 0 Å². The first-order valence-electron chi connectivity index (χ1n) is 3.66. The largest absolute Gasteiger partial charge is 0.445 e. The number of ether oxygens (including phenoxy) is 1. The number of nitrogens with zero attached hydrogens (tertiary/aromatic N) is 1. The molecule has 11 heavy (non-hydrogen) atoms. The summed E-state index contributed by atoms with van der Waals surface area (Å²) in [5, 5.41) is 0. The number of halogens is 2. The Morgan fingerprint density at radius 3 is 2.00 bits per heavy atom. The van der Waals surface area contributed by atoms with Crippen molar-refractivity contribution in [3.05, 3.63) is 7.05 Å². The average Bonchev–Trinajstić information content (AvgIpc) is 2.19. The molecule has 0 aliphatic carbocycles. The molecule has 0 aromatic rings. The van der Waals surface area contributed by atoms with Crippen LogP contribution in [-0.4, -0.2) is 42.5 Å². The first-order valence-corrected chi connectivity index (χ1v) is 3.66. The fraction of sp³-hybridized carbons (Fsp3) is 0.857. The molecule has 2 fully saturated rings. The maximum atomic E-state index is 13.0. The highest BCUT2D eigenvalue weighted by atomic mass is 19.2. The van der Waals surface area contributed by atoms with E-state index in [0.29, 0.717) is 0 Å². The molecule has 0 amide bonds. The SMILES string of the molecule is [CH2-]N1C2COCC1C(F)C2F. The Morgan fingerprint density at radius 2 is 1.64 bits per heavy atom. The number of hydrogen-bond acceptors (Lipinski definition) is 2. The van der Waals surface area contributed by atoms with Gasteiger partial charge in [-0.05, 0) is 0 Å². The highest BCUT2D eigenvalue weighted by molar-refractivity contribution is 5.03. The van der Waals surface area contributed by atoms with E-state index < -0.39 is 24.4 Å². The Hall–Kier alpha value is -0.220. The molecule has 0 radical (unpaired) electrons. The number of hydrogen-bond donors (Lipinski definition) is 0. The van der Waals surface area contributed by atoms with Gasteiger partial charge in [-0.25, -0.2) is 8.78 Å². The minimum Gasteiger partial charge on any atom is -0.445 e. The Balaban J connectivity index is 2.21. The van der Waals surface area contributed by atoms with Crippen LogP contribution >= 0.6 is 0 Å². The third-order valence-electron chi connectivity index (χ3n) is 2.47. The van der Waals surface area contributed by atoms with Gasteiger partial charge < -0.3 is 9.64 Å². The average molecular weight is 162 g/mol. The third-order valence-corrected chi connectivity index (χ3v) is 2.47. The standard InChI is InChI=1S/C7H10F2NO/c1-10-4-2-11-3-5(10)7(9)6(4)8/h4-7H,1-3H2/q-1. The highest BCUT2D eigenvalue weighted by Crippen LogP contribution is 2.32. The maximum absolute atomic E-state index is 13.0. The van der Waals surface area contributed by atoms with Gasteiger partial charge in [-0.15, -0.1) is 0 Å². The van der Waals surface area contributed by atoms with E-state index in [-0.39, 0.29) is 13.2 Å². The minimum absolute atomic E-state index is 0.265. The van der Waals surface area contributed by atoms with Gasteiger partial charge in [0, 0.05) is 12.1 Å². The molecule has 2 saturated heterocycles. The van der Waals surface area contributed by atoms with Crippen molar-refractivity contribution in [2.45, 2.75) is 24.4 Å². The first-order chi connectivity index (χ1) is 5.22. The number of fused-ring (bicyclic) bond motifs is 2. The molecule has 2 bridgehead atoms. The van der Waals surface area contributed by atoms with E-state index in [0.717, 1.165) is 0 Å². The molecule has 2 aliphatic rings. The molecule has 4 heteroatoms. The molecular formula is C7H10F2NO-. The van der Waals surface area contributed by atoms with Gasteiger partial charge in [0.05, 0.1) is 13.2 Å². The van der Waals surface area contributed by atoms with Gasteiger partial charge in [-0.2, -0.15) is 0 Å². The van der Waals surface area contributed by atoms with Gasteiger partial charge in [0.15, 0.2) is 0 Å². The lowest BCUT2D eigenvalue weighted by Gasteiger charge is -2.37. The summed E-state index contributed by atoms with van der Waals surface area (Å²) in [6.07, 6.45) is -2.83. The first kappa shape index (κ1) is 7.43. The number of alkyl halides is 2. The van der Waals surface area contributed by atoms with Gasteiger partial charge in [0.25, 0.3) is 0 Å². The van der Waals surface area contributed by atoms with Crippen LogP contribution in [0.15, 0.2) is 0 Å². The monoisotopic (exact) mass is 162 g/mol. The Morgan fingerprint density at radius 1 is 1.18 bits per heavy atom. The summed E-state index contributed by atoms with van der Waals surface area (Å²) in [5.41, 5.74) is 0. The van der Waals surface area contributed by atoms with Crippen molar-refractivity contribution < 1.29 is 13.5 Å². The zero-order valence-electron chi connectivity index (χ0n) is 6.04. The van der Waals surface area contributed by atoms with E-state index in [4.69, 9.17) is 4.74 Å². The second-order valence-electron chi connectivity index (χ2n) is 3.08. The molecule has 2 rings (SSSR count). The van der Waals surface area contributed by atoms with Crippen LogP contribution in [0.2, 0.25) is 0 Å². The van der Waals surface area contributed by atoms with Crippen LogP contribution in [0.4, 0.5) is 8.78 Å². The van der Waals surface area contributed by atoms with Crippen LogP contribution in [0.5, 0.6) is 0 Å². The molecule has 4 unspecified atom stereocenters. The van der Waals surface area contributed by atoms with Gasteiger partial charge in [-0.3, -0.25) is 7.05 Å². The third kappa shape index (κ3) is 0.891. The molecular weight excluding hydrogens is 152 g/mol. The predicted octanol–water partition coefficient (Wildman–Crippen LogP) is 0.537. The lowest BCUT2D eigenvalue weighted by Crippen LogP contribution is -2.43. The number of rotatable bonds is 0. The Labute approximate surface area is 64.1 Å². The normalized spacial score (nSPS) is 51.5. The smallest absolute Gasteiger partial charge is 0.148 e. The van der Waals surface area contributed by atoms with Crippen molar-refractivity contribution in [3.8, 4) is 0 Å². The van der Waals surface area contributed by atoms with Crippen LogP contribution < -0.4 is 0 Å². The summed E-state index contributed by atoms with van der Waals surface area (Å²) < 4.78 is 31.0. The summed E-state index contributed by atoms with van der Waals surface area (Å²) in [7, 11) is 3.60. The summed E-state index contributed by atoms with van der Waals surface area (Å²) in [6.45, 7) is 0.531. The van der Waals surface area contributed by atoms with Crippen molar-refractivity contribution in [3.63, 3.8) is 0 Å². The topological polar surface area (TPSA) is 12.5 Å². The van der Waals surface area contributed by atoms with Crippen molar-refractivity contribution >= 4 is 0 Å². The second-order valence-corrected chi connectivity index (χ2v) is 3.08. The van der Waals surface area contributed by atoms with Crippen LogP contribution in [0.25, 0.3) is 0 Å². The van der Waals surface area contributed by atoms with E-state index in [9.17, 15) is 8.78 Å². The van der Waals surface area contributed by atoms with Crippen LogP contribution in [0.3, 0.4) is 0 Å². The molecule has 4 atom stereocenters. The van der Waals surface area contributed by atoms with Crippen molar-refractivity contribution in [2.75, 3.05) is 13.2 Å². The molecule has 2 nitrogen and oxygen atoms in total. The molecule has 0 N–H and O–H groups in total. The number of morpholine rings is 1. The highest BCUT2D eigenvalue weighted by Gasteiger charge is 2.47. The summed E-state index contributed by atoms with van der Waals surface area (Å²) in [6, 6.07) is -0.938. The molecule has 0 aromatic heterocycles. The molecule has 2 aliphatic heterocycles. The van der Waals surface area contributed by atoms with Crippen molar-refractivity contribution in [1.29, 1.82) is 0 Å². The van der Waals surface area contributed by atoms with Gasteiger partial charge in [-0.1, -0.05) is 0 Å². The zero-order valence-corrected chi connectivity index (χ0v) is 6.04. The lowest BCUT2D eigenvalue weighted by atomic mass is 10.1. The Kier molecular flexibility index (Phi) is 1.61. The second kappa shape index (κ2) is 2.38. The van der Waals surface area contributed by atoms with Gasteiger partial charge in [0.1, 0.15) is 12.3 Å². The predicted molar refractivity (Wildman–Crippen MR) is 35.4 cm³/mol. The van der Waals surface area contributed by atoms with E-state index in [2.05, 4.69) is 7.05 Å². The molecule has 2 heterocycles. The lowest BCUT2D eigenvalue weighted by molar-refractivity contribution is -0.00428.